The van der Waals surface area contributed by atoms with Crippen LogP contribution in [-0.2, 0) is 14.3 Å². The van der Waals surface area contributed by atoms with Gasteiger partial charge in [-0.3, -0.25) is 9.59 Å². The third kappa shape index (κ3) is 4.96. The number of carbonyl (C=O) groups excluding carboxylic acids is 2. The molecule has 0 bridgehead atoms. The van der Waals surface area contributed by atoms with E-state index >= 15 is 0 Å². The molecule has 0 aromatic rings. The second-order valence-electron chi connectivity index (χ2n) is 2.49. The van der Waals surface area contributed by atoms with Gasteiger partial charge < -0.3 is 20.1 Å². The van der Waals surface area contributed by atoms with Gasteiger partial charge in [0.25, 0.3) is 0 Å². The monoisotopic (exact) mass is 204 g/mol. The van der Waals surface area contributed by atoms with Crippen LogP contribution in [0.15, 0.2) is 0 Å². The van der Waals surface area contributed by atoms with Crippen molar-refractivity contribution in [3.05, 3.63) is 0 Å². The van der Waals surface area contributed by atoms with Gasteiger partial charge in [-0.2, -0.15) is 0 Å². The summed E-state index contributed by atoms with van der Waals surface area (Å²) in [5.74, 6) is -1.61. The first-order valence-corrected chi connectivity index (χ1v) is 3.75. The van der Waals surface area contributed by atoms with Gasteiger partial charge in [-0.05, 0) is 0 Å². The predicted octanol–water partition coefficient (Wildman–Crippen LogP) is -1.11. The lowest BCUT2D eigenvalue weighted by Crippen LogP contribution is -2.40. The highest BCUT2D eigenvalue weighted by atomic mass is 16.5. The molecule has 0 fully saturated rings. The molecule has 80 valence electrons. The van der Waals surface area contributed by atoms with Crippen molar-refractivity contribution in [2.45, 2.75) is 0 Å². The van der Waals surface area contributed by atoms with Crippen LogP contribution >= 0.6 is 0 Å². The maximum atomic E-state index is 11.1. The number of ether oxygens (including phenoxy) is 1. The number of amides is 2. The highest BCUT2D eigenvalue weighted by Gasteiger charge is 2.12. The van der Waals surface area contributed by atoms with Gasteiger partial charge in [-0.1, -0.05) is 0 Å². The Labute approximate surface area is 80.6 Å². The topological polar surface area (TPSA) is 95.9 Å². The van der Waals surface area contributed by atoms with Crippen LogP contribution in [0.4, 0.5) is 4.79 Å². The Kier molecular flexibility index (Phi) is 5.05. The van der Waals surface area contributed by atoms with Gasteiger partial charge in [-0.25, -0.2) is 4.79 Å². The van der Waals surface area contributed by atoms with E-state index in [2.05, 4.69) is 10.1 Å². The second kappa shape index (κ2) is 5.79. The van der Waals surface area contributed by atoms with Crippen molar-refractivity contribution < 1.29 is 24.2 Å². The molecular weight excluding hydrogens is 192 g/mol. The summed E-state index contributed by atoms with van der Waals surface area (Å²) < 4.78 is 4.22. The van der Waals surface area contributed by atoms with E-state index in [4.69, 9.17) is 5.11 Å². The van der Waals surface area contributed by atoms with E-state index in [0.29, 0.717) is 0 Å². The first kappa shape index (κ1) is 12.2. The van der Waals surface area contributed by atoms with Gasteiger partial charge in [0.15, 0.2) is 0 Å². The SMILES string of the molecule is COC(=O)NCC(=O)N(C)CC(=O)O. The number of carboxylic acids is 1. The smallest absolute Gasteiger partial charge is 0.407 e. The zero-order valence-corrected chi connectivity index (χ0v) is 7.94. The molecule has 0 atom stereocenters. The molecule has 2 amide bonds. The average molecular weight is 204 g/mol. The van der Waals surface area contributed by atoms with E-state index < -0.39 is 24.5 Å². The lowest BCUT2D eigenvalue weighted by atomic mass is 10.5. The highest BCUT2D eigenvalue weighted by molar-refractivity contribution is 5.84. The largest absolute Gasteiger partial charge is 0.480 e. The van der Waals surface area contributed by atoms with Crippen LogP contribution in [0.2, 0.25) is 0 Å². The number of hydrogen-bond acceptors (Lipinski definition) is 4. The number of hydrogen-bond donors (Lipinski definition) is 2. The third-order valence-corrected chi connectivity index (χ3v) is 1.37. The number of aliphatic carboxylic acids is 1. The molecule has 14 heavy (non-hydrogen) atoms. The number of methoxy groups -OCH3 is 1. The maximum Gasteiger partial charge on any atom is 0.407 e. The fourth-order valence-electron chi connectivity index (χ4n) is 0.646. The van der Waals surface area contributed by atoms with Gasteiger partial charge in [0, 0.05) is 7.05 Å². The lowest BCUT2D eigenvalue weighted by molar-refractivity contribution is -0.143. The normalized spacial score (nSPS) is 9.00. The number of carbonyl (C=O) groups is 3. The van der Waals surface area contributed by atoms with Crippen molar-refractivity contribution in [1.82, 2.24) is 10.2 Å². The molecule has 0 aliphatic carbocycles. The van der Waals surface area contributed by atoms with Crippen molar-refractivity contribution >= 4 is 18.0 Å². The molecule has 0 aliphatic heterocycles. The summed E-state index contributed by atoms with van der Waals surface area (Å²) in [4.78, 5) is 32.8. The van der Waals surface area contributed by atoms with Crippen LogP contribution in [0.3, 0.4) is 0 Å². The van der Waals surface area contributed by atoms with Crippen molar-refractivity contribution in [3.63, 3.8) is 0 Å². The molecule has 2 N–H and O–H groups in total. The summed E-state index contributed by atoms with van der Waals surface area (Å²) in [6.07, 6.45) is -0.734. The van der Waals surface area contributed by atoms with E-state index in [1.807, 2.05) is 0 Å². The Morgan fingerprint density at radius 1 is 1.43 bits per heavy atom. The number of nitrogens with zero attached hydrogens (tertiary/aromatic N) is 1. The molecule has 0 aromatic carbocycles. The zero-order valence-electron chi connectivity index (χ0n) is 7.94. The Hall–Kier alpha value is -1.79. The molecule has 7 heteroatoms. The van der Waals surface area contributed by atoms with E-state index in [-0.39, 0.29) is 6.54 Å². The molecule has 0 aromatic heterocycles. The minimum atomic E-state index is -1.11. The molecular formula is C7H12N2O5. The summed E-state index contributed by atoms with van der Waals surface area (Å²) in [5, 5.41) is 10.5. The first-order valence-electron chi connectivity index (χ1n) is 3.75. The Balaban J connectivity index is 3.84. The van der Waals surface area contributed by atoms with Crippen molar-refractivity contribution in [2.24, 2.45) is 0 Å². The van der Waals surface area contributed by atoms with Gasteiger partial charge in [0.1, 0.15) is 13.1 Å². The molecule has 0 spiro atoms. The minimum Gasteiger partial charge on any atom is -0.480 e. The standard InChI is InChI=1S/C7H12N2O5/c1-9(4-6(11)12)5(10)3-8-7(13)14-2/h3-4H2,1-2H3,(H,8,13)(H,11,12). The van der Waals surface area contributed by atoms with Gasteiger partial charge in [-0.15, -0.1) is 0 Å². The summed E-state index contributed by atoms with van der Waals surface area (Å²) in [6.45, 7) is -0.682. The summed E-state index contributed by atoms with van der Waals surface area (Å²) >= 11 is 0. The van der Waals surface area contributed by atoms with Crippen LogP contribution in [0, 0.1) is 0 Å². The fraction of sp³-hybridized carbons (Fsp3) is 0.571. The molecule has 0 rings (SSSR count). The van der Waals surface area contributed by atoms with E-state index in [1.165, 1.54) is 14.2 Å². The number of nitrogens with one attached hydrogen (secondary N) is 1. The second-order valence-corrected chi connectivity index (χ2v) is 2.49. The molecule has 0 heterocycles. The zero-order chi connectivity index (χ0) is 11.1. The summed E-state index contributed by atoms with van der Waals surface area (Å²) in [6, 6.07) is 0. The lowest BCUT2D eigenvalue weighted by Gasteiger charge is -2.14. The average Bonchev–Trinajstić information content (AvgIpc) is 2.12. The minimum absolute atomic E-state index is 0.281. The van der Waals surface area contributed by atoms with Crippen molar-refractivity contribution in [3.8, 4) is 0 Å². The van der Waals surface area contributed by atoms with E-state index in [9.17, 15) is 14.4 Å². The Bertz CT molecular complexity index is 240. The van der Waals surface area contributed by atoms with E-state index in [0.717, 1.165) is 4.90 Å². The summed E-state index contributed by atoms with van der Waals surface area (Å²) in [7, 11) is 2.50. The Morgan fingerprint density at radius 2 is 2.00 bits per heavy atom. The van der Waals surface area contributed by atoms with Crippen LogP contribution in [0.1, 0.15) is 0 Å². The van der Waals surface area contributed by atoms with Crippen molar-refractivity contribution in [1.29, 1.82) is 0 Å². The van der Waals surface area contributed by atoms with E-state index in [1.54, 1.807) is 0 Å². The highest BCUT2D eigenvalue weighted by Crippen LogP contribution is 1.83. The van der Waals surface area contributed by atoms with Crippen LogP contribution in [0.5, 0.6) is 0 Å². The molecule has 0 saturated heterocycles. The van der Waals surface area contributed by atoms with Gasteiger partial charge in [0.05, 0.1) is 7.11 Å². The number of alkyl carbamates (subject to hydrolysis) is 1. The quantitative estimate of drug-likeness (QED) is 0.605. The molecule has 7 nitrogen and oxygen atoms in total. The van der Waals surface area contributed by atoms with Gasteiger partial charge >= 0.3 is 12.1 Å². The molecule has 0 aliphatic rings. The molecule has 0 saturated carbocycles. The third-order valence-electron chi connectivity index (χ3n) is 1.37. The number of rotatable bonds is 4. The van der Waals surface area contributed by atoms with Crippen LogP contribution < -0.4 is 5.32 Å². The Morgan fingerprint density at radius 3 is 2.43 bits per heavy atom. The van der Waals surface area contributed by atoms with Crippen LogP contribution in [0.25, 0.3) is 0 Å². The maximum absolute atomic E-state index is 11.1. The number of carboxylic acid groups (broad SMARTS) is 1. The number of likely N-dealkylation sites (N-methyl/N-ethyl adjacent to an activating group) is 1. The first-order chi connectivity index (χ1) is 6.47. The van der Waals surface area contributed by atoms with Crippen molar-refractivity contribution in [2.75, 3.05) is 27.2 Å². The van der Waals surface area contributed by atoms with Crippen LogP contribution in [-0.4, -0.2) is 55.2 Å². The van der Waals surface area contributed by atoms with Gasteiger partial charge in [0.2, 0.25) is 5.91 Å². The predicted molar refractivity (Wildman–Crippen MR) is 45.7 cm³/mol. The summed E-state index contributed by atoms with van der Waals surface area (Å²) in [5.41, 5.74) is 0. The molecule has 0 unspecified atom stereocenters. The molecule has 0 radical (unpaired) electrons. The fourth-order valence-corrected chi connectivity index (χ4v) is 0.646.